The molecule has 0 aromatic carbocycles. The van der Waals surface area contributed by atoms with Gasteiger partial charge in [-0.3, -0.25) is 0 Å². The highest BCUT2D eigenvalue weighted by Crippen LogP contribution is 2.24. The van der Waals surface area contributed by atoms with Crippen LogP contribution in [0.1, 0.15) is 37.4 Å². The minimum atomic E-state index is -0.688. The zero-order chi connectivity index (χ0) is 11.7. The Bertz CT molecular complexity index is 376. The van der Waals surface area contributed by atoms with Crippen molar-refractivity contribution in [1.82, 2.24) is 4.98 Å². The Labute approximate surface area is 96.5 Å². The van der Waals surface area contributed by atoms with E-state index in [0.717, 1.165) is 18.1 Å². The zero-order valence-corrected chi connectivity index (χ0v) is 10.2. The number of hydrogen-bond donors (Lipinski definition) is 0. The lowest BCUT2D eigenvalue weighted by atomic mass is 10.0. The first-order chi connectivity index (χ1) is 7.58. The van der Waals surface area contributed by atoms with Crippen molar-refractivity contribution in [3.63, 3.8) is 0 Å². The molecule has 1 aliphatic rings. The van der Waals surface area contributed by atoms with E-state index in [1.54, 1.807) is 0 Å². The van der Waals surface area contributed by atoms with Crippen LogP contribution in [0, 0.1) is 6.92 Å². The van der Waals surface area contributed by atoms with Gasteiger partial charge in [0.05, 0.1) is 6.54 Å². The lowest BCUT2D eigenvalue weighted by Gasteiger charge is -2.18. The molecule has 1 aromatic heterocycles. The van der Waals surface area contributed by atoms with Crippen LogP contribution in [-0.4, -0.2) is 24.2 Å². The van der Waals surface area contributed by atoms with E-state index >= 15 is 0 Å². The van der Waals surface area contributed by atoms with E-state index in [4.69, 9.17) is 0 Å². The summed E-state index contributed by atoms with van der Waals surface area (Å²) in [5, 5.41) is 0. The molecule has 1 fully saturated rings. The fraction of sp³-hybridized carbons (Fsp3) is 0.615. The van der Waals surface area contributed by atoms with E-state index in [-0.39, 0.29) is 0 Å². The van der Waals surface area contributed by atoms with Crippen molar-refractivity contribution in [3.05, 3.63) is 23.4 Å². The van der Waals surface area contributed by atoms with Crippen molar-refractivity contribution in [3.8, 4) is 0 Å². The maximum Gasteiger partial charge on any atom is 0.128 e. The van der Waals surface area contributed by atoms with Crippen LogP contribution in [0.15, 0.2) is 12.1 Å². The lowest BCUT2D eigenvalue weighted by Crippen LogP contribution is -2.21. The number of aromatic nitrogens is 1. The molecule has 2 rings (SSSR count). The molecular weight excluding hydrogens is 203 g/mol. The van der Waals surface area contributed by atoms with Gasteiger partial charge in [0.1, 0.15) is 12.0 Å². The van der Waals surface area contributed by atoms with Gasteiger partial charge in [0.15, 0.2) is 0 Å². The molecule has 1 unspecified atom stereocenters. The molecule has 0 spiro atoms. The minimum Gasteiger partial charge on any atom is -0.354 e. The Morgan fingerprint density at radius 2 is 2.19 bits per heavy atom. The molecule has 0 N–H and O–H groups in total. The molecule has 88 valence electrons. The second-order valence-electron chi connectivity index (χ2n) is 4.83. The van der Waals surface area contributed by atoms with Gasteiger partial charge in [-0.05, 0) is 30.9 Å². The highest BCUT2D eigenvalue weighted by atomic mass is 19.1. The summed E-state index contributed by atoms with van der Waals surface area (Å²) in [6.07, 6.45) is -0.0565. The van der Waals surface area contributed by atoms with Gasteiger partial charge < -0.3 is 4.90 Å². The monoisotopic (exact) mass is 222 g/mol. The molecular formula is C13H19FN2. The fourth-order valence-electron chi connectivity index (χ4n) is 2.27. The molecule has 1 aliphatic heterocycles. The van der Waals surface area contributed by atoms with Crippen molar-refractivity contribution in [2.24, 2.45) is 0 Å². The van der Waals surface area contributed by atoms with Crippen LogP contribution in [0.2, 0.25) is 0 Å². The number of alkyl halides is 1. The molecule has 0 bridgehead atoms. The van der Waals surface area contributed by atoms with Crippen LogP contribution in [0.5, 0.6) is 0 Å². The van der Waals surface area contributed by atoms with Crippen molar-refractivity contribution in [2.45, 2.75) is 39.3 Å². The average Bonchev–Trinajstić information content (AvgIpc) is 2.64. The Kier molecular flexibility index (Phi) is 3.13. The third kappa shape index (κ3) is 2.18. The summed E-state index contributed by atoms with van der Waals surface area (Å²) in [6.45, 7) is 7.64. The van der Waals surface area contributed by atoms with Crippen LogP contribution in [0.25, 0.3) is 0 Å². The number of halogens is 1. The highest BCUT2D eigenvalue weighted by Gasteiger charge is 2.23. The molecule has 0 aliphatic carbocycles. The summed E-state index contributed by atoms with van der Waals surface area (Å²) in [5.74, 6) is 1.41. The van der Waals surface area contributed by atoms with Gasteiger partial charge in [-0.25, -0.2) is 9.37 Å². The molecule has 3 heteroatoms. The van der Waals surface area contributed by atoms with Gasteiger partial charge in [0.25, 0.3) is 0 Å². The first-order valence-electron chi connectivity index (χ1n) is 5.94. The normalized spacial score (nSPS) is 20.8. The summed E-state index contributed by atoms with van der Waals surface area (Å²) < 4.78 is 13.1. The summed E-state index contributed by atoms with van der Waals surface area (Å²) in [6, 6.07) is 4.13. The maximum absolute atomic E-state index is 13.1. The van der Waals surface area contributed by atoms with Crippen LogP contribution in [0.3, 0.4) is 0 Å². The van der Waals surface area contributed by atoms with Crippen LogP contribution >= 0.6 is 0 Å². The number of anilines is 1. The minimum absolute atomic E-state index is 0.494. The van der Waals surface area contributed by atoms with E-state index in [1.165, 1.54) is 5.56 Å². The first kappa shape index (κ1) is 11.4. The lowest BCUT2D eigenvalue weighted by molar-refractivity contribution is 0.364. The van der Waals surface area contributed by atoms with E-state index < -0.39 is 6.17 Å². The zero-order valence-electron chi connectivity index (χ0n) is 10.2. The van der Waals surface area contributed by atoms with Crippen molar-refractivity contribution < 1.29 is 4.39 Å². The smallest absolute Gasteiger partial charge is 0.128 e. The van der Waals surface area contributed by atoms with Gasteiger partial charge in [0, 0.05) is 12.2 Å². The summed E-state index contributed by atoms with van der Waals surface area (Å²) in [7, 11) is 0. The quantitative estimate of drug-likeness (QED) is 0.764. The Morgan fingerprint density at radius 1 is 1.44 bits per heavy atom. The Morgan fingerprint density at radius 3 is 2.69 bits per heavy atom. The molecule has 16 heavy (non-hydrogen) atoms. The molecule has 0 amide bonds. The summed E-state index contributed by atoms with van der Waals surface area (Å²) >= 11 is 0. The third-order valence-electron chi connectivity index (χ3n) is 3.19. The third-order valence-corrected chi connectivity index (χ3v) is 3.19. The fourth-order valence-corrected chi connectivity index (χ4v) is 2.27. The van der Waals surface area contributed by atoms with Gasteiger partial charge in [-0.15, -0.1) is 0 Å². The summed E-state index contributed by atoms with van der Waals surface area (Å²) in [5.41, 5.74) is 2.34. The standard InChI is InChI=1S/C13H19FN2/c1-9(2)12-4-5-13(15-10(12)3)16-7-6-11(14)8-16/h4-5,9,11H,6-8H2,1-3H3. The first-order valence-corrected chi connectivity index (χ1v) is 5.94. The maximum atomic E-state index is 13.1. The van der Waals surface area contributed by atoms with Crippen LogP contribution < -0.4 is 4.90 Å². The molecule has 2 heterocycles. The molecule has 1 aromatic rings. The highest BCUT2D eigenvalue weighted by molar-refractivity contribution is 5.43. The summed E-state index contributed by atoms with van der Waals surface area (Å²) in [4.78, 5) is 6.60. The van der Waals surface area contributed by atoms with E-state index in [0.29, 0.717) is 18.9 Å². The van der Waals surface area contributed by atoms with Gasteiger partial charge in [-0.2, -0.15) is 0 Å². The van der Waals surface area contributed by atoms with Gasteiger partial charge >= 0.3 is 0 Å². The van der Waals surface area contributed by atoms with Crippen molar-refractivity contribution in [2.75, 3.05) is 18.0 Å². The SMILES string of the molecule is Cc1nc(N2CCC(F)C2)ccc1C(C)C. The molecule has 1 saturated heterocycles. The van der Waals surface area contributed by atoms with Gasteiger partial charge in [-0.1, -0.05) is 19.9 Å². The molecule has 1 atom stereocenters. The molecule has 2 nitrogen and oxygen atoms in total. The average molecular weight is 222 g/mol. The van der Waals surface area contributed by atoms with Crippen molar-refractivity contribution in [1.29, 1.82) is 0 Å². The van der Waals surface area contributed by atoms with Crippen molar-refractivity contribution >= 4 is 5.82 Å². The molecule has 0 saturated carbocycles. The topological polar surface area (TPSA) is 16.1 Å². The predicted octanol–water partition coefficient (Wildman–Crippen LogP) is 3.06. The van der Waals surface area contributed by atoms with E-state index in [2.05, 4.69) is 24.9 Å². The second-order valence-corrected chi connectivity index (χ2v) is 4.83. The predicted molar refractivity (Wildman–Crippen MR) is 64.8 cm³/mol. The number of nitrogens with zero attached hydrogens (tertiary/aromatic N) is 2. The number of hydrogen-bond acceptors (Lipinski definition) is 2. The van der Waals surface area contributed by atoms with E-state index in [1.807, 2.05) is 17.9 Å². The van der Waals surface area contributed by atoms with Crippen LogP contribution in [-0.2, 0) is 0 Å². The second kappa shape index (κ2) is 4.40. The number of rotatable bonds is 2. The Hall–Kier alpha value is -1.12. The van der Waals surface area contributed by atoms with E-state index in [9.17, 15) is 4.39 Å². The largest absolute Gasteiger partial charge is 0.354 e. The van der Waals surface area contributed by atoms with Crippen LogP contribution in [0.4, 0.5) is 10.2 Å². The van der Waals surface area contributed by atoms with Gasteiger partial charge in [0.2, 0.25) is 0 Å². The number of pyridine rings is 1. The number of aryl methyl sites for hydroxylation is 1. The molecule has 0 radical (unpaired) electrons. The Balaban J connectivity index is 2.21.